The number of rotatable bonds is 8. The fraction of sp³-hybridized carbons (Fsp3) is 0.471. The van der Waals surface area contributed by atoms with Crippen LogP contribution in [0.2, 0.25) is 0 Å². The van der Waals surface area contributed by atoms with Crippen molar-refractivity contribution in [1.29, 1.82) is 0 Å². The van der Waals surface area contributed by atoms with E-state index in [0.717, 1.165) is 37.4 Å². The van der Waals surface area contributed by atoms with E-state index in [1.165, 1.54) is 5.69 Å². The van der Waals surface area contributed by atoms with Crippen LogP contribution in [-0.2, 0) is 6.54 Å². The molecule has 2 aromatic rings. The second-order valence-corrected chi connectivity index (χ2v) is 5.57. The molecule has 4 nitrogen and oxygen atoms in total. The molecule has 4 heteroatoms. The van der Waals surface area contributed by atoms with Crippen molar-refractivity contribution in [3.8, 4) is 5.69 Å². The maximum Gasteiger partial charge on any atom is 0.110 e. The lowest BCUT2D eigenvalue weighted by atomic mass is 10.1. The SMILES string of the molecule is Cc1ncc(CNCCCC(C)CO)n1-c1ccccc1. The van der Waals surface area contributed by atoms with E-state index < -0.39 is 0 Å². The lowest BCUT2D eigenvalue weighted by Crippen LogP contribution is -2.18. The van der Waals surface area contributed by atoms with Gasteiger partial charge in [0.15, 0.2) is 0 Å². The highest BCUT2D eigenvalue weighted by atomic mass is 16.3. The molecule has 0 bridgehead atoms. The second-order valence-electron chi connectivity index (χ2n) is 5.57. The average molecular weight is 287 g/mol. The van der Waals surface area contributed by atoms with E-state index in [0.29, 0.717) is 5.92 Å². The number of aromatic nitrogens is 2. The zero-order valence-corrected chi connectivity index (χ0v) is 12.9. The van der Waals surface area contributed by atoms with Crippen LogP contribution in [0.15, 0.2) is 36.5 Å². The van der Waals surface area contributed by atoms with Crippen LogP contribution in [0.3, 0.4) is 0 Å². The van der Waals surface area contributed by atoms with Gasteiger partial charge in [0.05, 0.1) is 11.9 Å². The molecule has 2 N–H and O–H groups in total. The number of para-hydroxylation sites is 1. The zero-order valence-electron chi connectivity index (χ0n) is 12.9. The first-order valence-electron chi connectivity index (χ1n) is 7.62. The molecule has 0 saturated carbocycles. The van der Waals surface area contributed by atoms with Crippen LogP contribution in [0.5, 0.6) is 0 Å². The number of hydrogen-bond donors (Lipinski definition) is 2. The fourth-order valence-electron chi connectivity index (χ4n) is 2.43. The van der Waals surface area contributed by atoms with Crippen LogP contribution in [0, 0.1) is 12.8 Å². The maximum atomic E-state index is 9.00. The summed E-state index contributed by atoms with van der Waals surface area (Å²) < 4.78 is 2.18. The van der Waals surface area contributed by atoms with Crippen molar-refractivity contribution >= 4 is 0 Å². The van der Waals surface area contributed by atoms with Crippen molar-refractivity contribution in [2.75, 3.05) is 13.2 Å². The number of imidazole rings is 1. The summed E-state index contributed by atoms with van der Waals surface area (Å²) in [5.74, 6) is 1.40. The van der Waals surface area contributed by atoms with Gasteiger partial charge in [-0.2, -0.15) is 0 Å². The van der Waals surface area contributed by atoms with Gasteiger partial charge in [-0.25, -0.2) is 4.98 Å². The quantitative estimate of drug-likeness (QED) is 0.734. The summed E-state index contributed by atoms with van der Waals surface area (Å²) >= 11 is 0. The molecule has 0 fully saturated rings. The molecule has 0 aliphatic carbocycles. The number of aryl methyl sites for hydroxylation is 1. The predicted octanol–water partition coefficient (Wildman–Crippen LogP) is 2.68. The van der Waals surface area contributed by atoms with Gasteiger partial charge in [-0.15, -0.1) is 0 Å². The van der Waals surface area contributed by atoms with Gasteiger partial charge < -0.3 is 10.4 Å². The van der Waals surface area contributed by atoms with Gasteiger partial charge >= 0.3 is 0 Å². The molecule has 0 radical (unpaired) electrons. The van der Waals surface area contributed by atoms with Crippen LogP contribution in [-0.4, -0.2) is 27.8 Å². The molecule has 0 amide bonds. The van der Waals surface area contributed by atoms with Gasteiger partial charge in [0, 0.05) is 18.8 Å². The Morgan fingerprint density at radius 2 is 2.05 bits per heavy atom. The van der Waals surface area contributed by atoms with E-state index in [2.05, 4.69) is 33.9 Å². The first-order chi connectivity index (χ1) is 10.2. The summed E-state index contributed by atoms with van der Waals surface area (Å²) in [5, 5.41) is 12.5. The third-order valence-electron chi connectivity index (χ3n) is 3.69. The molecule has 1 aromatic carbocycles. The summed E-state index contributed by atoms with van der Waals surface area (Å²) in [7, 11) is 0. The number of benzene rings is 1. The van der Waals surface area contributed by atoms with Gasteiger partial charge in [0.25, 0.3) is 0 Å². The number of aliphatic hydroxyl groups is 1. The van der Waals surface area contributed by atoms with Crippen molar-refractivity contribution in [3.63, 3.8) is 0 Å². The van der Waals surface area contributed by atoms with Crippen LogP contribution >= 0.6 is 0 Å². The number of nitrogens with one attached hydrogen (secondary N) is 1. The Morgan fingerprint density at radius 1 is 1.29 bits per heavy atom. The number of aliphatic hydroxyl groups excluding tert-OH is 1. The number of hydrogen-bond acceptors (Lipinski definition) is 3. The summed E-state index contributed by atoms with van der Waals surface area (Å²) in [6, 6.07) is 10.3. The first-order valence-corrected chi connectivity index (χ1v) is 7.62. The Labute approximate surface area is 126 Å². The lowest BCUT2D eigenvalue weighted by molar-refractivity contribution is 0.228. The second kappa shape index (κ2) is 7.96. The van der Waals surface area contributed by atoms with Crippen molar-refractivity contribution in [3.05, 3.63) is 48.0 Å². The lowest BCUT2D eigenvalue weighted by Gasteiger charge is -2.12. The Morgan fingerprint density at radius 3 is 2.76 bits per heavy atom. The molecule has 21 heavy (non-hydrogen) atoms. The molecule has 0 aliphatic heterocycles. The topological polar surface area (TPSA) is 50.1 Å². The van der Waals surface area contributed by atoms with Gasteiger partial charge in [-0.05, 0) is 44.4 Å². The summed E-state index contributed by atoms with van der Waals surface area (Å²) in [6.07, 6.45) is 4.08. The Hall–Kier alpha value is -1.65. The normalized spacial score (nSPS) is 12.5. The van der Waals surface area contributed by atoms with E-state index >= 15 is 0 Å². The molecule has 1 unspecified atom stereocenters. The van der Waals surface area contributed by atoms with Crippen molar-refractivity contribution < 1.29 is 5.11 Å². The number of nitrogens with zero attached hydrogens (tertiary/aromatic N) is 2. The van der Waals surface area contributed by atoms with Crippen molar-refractivity contribution in [2.24, 2.45) is 5.92 Å². The van der Waals surface area contributed by atoms with Crippen LogP contribution < -0.4 is 5.32 Å². The van der Waals surface area contributed by atoms with Gasteiger partial charge in [-0.3, -0.25) is 4.57 Å². The third-order valence-corrected chi connectivity index (χ3v) is 3.69. The molecule has 0 spiro atoms. The highest BCUT2D eigenvalue weighted by Crippen LogP contribution is 2.14. The molecule has 0 saturated heterocycles. The predicted molar refractivity (Wildman–Crippen MR) is 85.5 cm³/mol. The highest BCUT2D eigenvalue weighted by molar-refractivity contribution is 5.35. The van der Waals surface area contributed by atoms with Crippen LogP contribution in [0.1, 0.15) is 31.3 Å². The van der Waals surface area contributed by atoms with Crippen LogP contribution in [0.4, 0.5) is 0 Å². The maximum absolute atomic E-state index is 9.00. The molecule has 1 heterocycles. The van der Waals surface area contributed by atoms with Gasteiger partial charge in [-0.1, -0.05) is 25.1 Å². The summed E-state index contributed by atoms with van der Waals surface area (Å²) in [6.45, 7) is 6.15. The van der Waals surface area contributed by atoms with Crippen LogP contribution in [0.25, 0.3) is 5.69 Å². The molecular formula is C17H25N3O. The smallest absolute Gasteiger partial charge is 0.110 e. The standard InChI is InChI=1S/C17H25N3O/c1-14(13-21)7-6-10-18-11-17-12-19-15(2)20(17)16-8-4-3-5-9-16/h3-5,8-9,12,14,18,21H,6-7,10-11,13H2,1-2H3. The molecule has 1 aromatic heterocycles. The molecular weight excluding hydrogens is 262 g/mol. The van der Waals surface area contributed by atoms with E-state index in [1.54, 1.807) is 0 Å². The monoisotopic (exact) mass is 287 g/mol. The van der Waals surface area contributed by atoms with Crippen molar-refractivity contribution in [2.45, 2.75) is 33.2 Å². The van der Waals surface area contributed by atoms with E-state index in [9.17, 15) is 0 Å². The highest BCUT2D eigenvalue weighted by Gasteiger charge is 2.08. The molecule has 114 valence electrons. The Kier molecular flexibility index (Phi) is 5.96. The molecule has 1 atom stereocenters. The summed E-state index contributed by atoms with van der Waals surface area (Å²) in [4.78, 5) is 4.42. The Balaban J connectivity index is 1.90. The Bertz CT molecular complexity index is 536. The van der Waals surface area contributed by atoms with E-state index in [-0.39, 0.29) is 6.61 Å². The minimum Gasteiger partial charge on any atom is -0.396 e. The first kappa shape index (κ1) is 15.7. The molecule has 0 aliphatic rings. The van der Waals surface area contributed by atoms with E-state index in [4.69, 9.17) is 5.11 Å². The largest absolute Gasteiger partial charge is 0.396 e. The van der Waals surface area contributed by atoms with Gasteiger partial charge in [0.1, 0.15) is 5.82 Å². The third kappa shape index (κ3) is 4.41. The minimum atomic E-state index is 0.278. The minimum absolute atomic E-state index is 0.278. The van der Waals surface area contributed by atoms with E-state index in [1.807, 2.05) is 31.3 Å². The van der Waals surface area contributed by atoms with Crippen molar-refractivity contribution in [1.82, 2.24) is 14.9 Å². The fourth-order valence-corrected chi connectivity index (χ4v) is 2.43. The van der Waals surface area contributed by atoms with Gasteiger partial charge in [0.2, 0.25) is 0 Å². The average Bonchev–Trinajstić information content (AvgIpc) is 2.88. The summed E-state index contributed by atoms with van der Waals surface area (Å²) in [5.41, 5.74) is 2.33. The molecule has 2 rings (SSSR count). The zero-order chi connectivity index (χ0) is 15.1.